The summed E-state index contributed by atoms with van der Waals surface area (Å²) < 4.78 is 0. The Morgan fingerprint density at radius 2 is 1.83 bits per heavy atom. The fraction of sp³-hybridized carbons (Fsp3) is 0.143. The van der Waals surface area contributed by atoms with Gasteiger partial charge in [0, 0.05) is 12.7 Å². The lowest BCUT2D eigenvalue weighted by Crippen LogP contribution is -2.27. The Morgan fingerprint density at radius 1 is 1.17 bits per heavy atom. The van der Waals surface area contributed by atoms with E-state index in [9.17, 15) is 4.79 Å². The molecule has 0 saturated heterocycles. The summed E-state index contributed by atoms with van der Waals surface area (Å²) in [6.07, 6.45) is 0. The number of nitrogens with two attached hydrogens (primary N) is 1. The fourth-order valence-electron chi connectivity index (χ4n) is 1.76. The first-order chi connectivity index (χ1) is 8.59. The van der Waals surface area contributed by atoms with E-state index in [1.54, 1.807) is 31.0 Å². The average Bonchev–Trinajstić information content (AvgIpc) is 2.38. The van der Waals surface area contributed by atoms with Gasteiger partial charge in [-0.25, -0.2) is 4.98 Å². The molecule has 92 valence electrons. The van der Waals surface area contributed by atoms with Crippen LogP contribution in [-0.4, -0.2) is 17.9 Å². The van der Waals surface area contributed by atoms with E-state index in [1.165, 1.54) is 0 Å². The zero-order chi connectivity index (χ0) is 13.1. The highest BCUT2D eigenvalue weighted by atomic mass is 16.2. The number of hydrogen-bond acceptors (Lipinski definition) is 3. The number of anilines is 2. The van der Waals surface area contributed by atoms with Gasteiger partial charge < -0.3 is 10.6 Å². The number of aryl methyl sites for hydroxylation is 1. The van der Waals surface area contributed by atoms with Crippen LogP contribution in [0.4, 0.5) is 11.5 Å². The summed E-state index contributed by atoms with van der Waals surface area (Å²) in [6, 6.07) is 12.8. The van der Waals surface area contributed by atoms with Crippen LogP contribution in [0, 0.1) is 6.92 Å². The van der Waals surface area contributed by atoms with Gasteiger partial charge in [0.15, 0.2) is 0 Å². The van der Waals surface area contributed by atoms with Crippen molar-refractivity contribution in [2.45, 2.75) is 6.92 Å². The Morgan fingerprint density at radius 3 is 2.44 bits per heavy atom. The number of amides is 1. The smallest absolute Gasteiger partial charge is 0.259 e. The van der Waals surface area contributed by atoms with Crippen LogP contribution in [0.3, 0.4) is 0 Å². The van der Waals surface area contributed by atoms with Crippen LogP contribution in [-0.2, 0) is 0 Å². The van der Waals surface area contributed by atoms with E-state index >= 15 is 0 Å². The minimum atomic E-state index is -0.0915. The molecule has 1 amide bonds. The number of carbonyl (C=O) groups excluding carboxylic acids is 1. The van der Waals surface area contributed by atoms with E-state index in [4.69, 9.17) is 5.73 Å². The molecule has 2 aromatic rings. The molecule has 2 rings (SSSR count). The maximum Gasteiger partial charge on any atom is 0.259 e. The van der Waals surface area contributed by atoms with Crippen molar-refractivity contribution >= 4 is 17.4 Å². The Kier molecular flexibility index (Phi) is 3.28. The van der Waals surface area contributed by atoms with Gasteiger partial charge in [-0.1, -0.05) is 18.2 Å². The number of rotatable bonds is 2. The van der Waals surface area contributed by atoms with E-state index in [2.05, 4.69) is 4.98 Å². The summed E-state index contributed by atoms with van der Waals surface area (Å²) in [6.45, 7) is 1.78. The zero-order valence-corrected chi connectivity index (χ0v) is 10.4. The normalized spacial score (nSPS) is 10.1. The quantitative estimate of drug-likeness (QED) is 0.877. The first-order valence-corrected chi connectivity index (χ1v) is 5.66. The third kappa shape index (κ3) is 2.32. The molecule has 2 N–H and O–H groups in total. The summed E-state index contributed by atoms with van der Waals surface area (Å²) in [7, 11) is 1.74. The van der Waals surface area contributed by atoms with Gasteiger partial charge in [-0.3, -0.25) is 4.79 Å². The van der Waals surface area contributed by atoms with Crippen LogP contribution >= 0.6 is 0 Å². The predicted molar refractivity (Wildman–Crippen MR) is 72.6 cm³/mol. The maximum atomic E-state index is 12.3. The van der Waals surface area contributed by atoms with E-state index in [1.807, 2.05) is 30.3 Å². The van der Waals surface area contributed by atoms with Crippen LogP contribution in [0.2, 0.25) is 0 Å². The zero-order valence-electron chi connectivity index (χ0n) is 10.4. The molecule has 4 nitrogen and oxygen atoms in total. The molecule has 1 heterocycles. The van der Waals surface area contributed by atoms with Crippen molar-refractivity contribution < 1.29 is 4.79 Å². The van der Waals surface area contributed by atoms with Crippen LogP contribution < -0.4 is 10.6 Å². The highest BCUT2D eigenvalue weighted by molar-refractivity contribution is 6.06. The Labute approximate surface area is 106 Å². The number of carbonyl (C=O) groups is 1. The standard InChI is InChI=1S/C14H15N3O/c1-10-12(8-9-13(15)16-10)14(18)17(2)11-6-4-3-5-7-11/h3-9H,1-2H3,(H2,15,16). The van der Waals surface area contributed by atoms with Gasteiger partial charge in [0.05, 0.1) is 11.3 Å². The molecular formula is C14H15N3O. The first kappa shape index (κ1) is 12.1. The third-order valence-corrected chi connectivity index (χ3v) is 2.79. The molecule has 0 spiro atoms. The molecule has 0 bridgehead atoms. The molecule has 0 aliphatic rings. The third-order valence-electron chi connectivity index (χ3n) is 2.79. The van der Waals surface area contributed by atoms with E-state index in [0.29, 0.717) is 17.1 Å². The van der Waals surface area contributed by atoms with E-state index in [0.717, 1.165) is 5.69 Å². The number of nitrogens with zero attached hydrogens (tertiary/aromatic N) is 2. The van der Waals surface area contributed by atoms with Crippen molar-refractivity contribution in [3.05, 3.63) is 53.7 Å². The molecule has 0 saturated carbocycles. The lowest BCUT2D eigenvalue weighted by atomic mass is 10.1. The number of pyridine rings is 1. The molecule has 1 aromatic carbocycles. The summed E-state index contributed by atoms with van der Waals surface area (Å²) in [5.74, 6) is 0.331. The summed E-state index contributed by atoms with van der Waals surface area (Å²) in [5, 5.41) is 0. The minimum absolute atomic E-state index is 0.0915. The van der Waals surface area contributed by atoms with Crippen LogP contribution in [0.15, 0.2) is 42.5 Å². The molecule has 4 heteroatoms. The minimum Gasteiger partial charge on any atom is -0.384 e. The Bertz CT molecular complexity index is 567. The van der Waals surface area contributed by atoms with Gasteiger partial charge in [0.2, 0.25) is 0 Å². The van der Waals surface area contributed by atoms with Crippen LogP contribution in [0.5, 0.6) is 0 Å². The first-order valence-electron chi connectivity index (χ1n) is 5.66. The number of hydrogen-bond donors (Lipinski definition) is 1. The largest absolute Gasteiger partial charge is 0.384 e. The Balaban J connectivity index is 2.32. The number of nitrogen functional groups attached to an aromatic ring is 1. The second-order valence-electron chi connectivity index (χ2n) is 4.07. The summed E-state index contributed by atoms with van der Waals surface area (Å²) in [5.41, 5.74) is 7.63. The van der Waals surface area contributed by atoms with Crippen molar-refractivity contribution in [2.24, 2.45) is 0 Å². The Hall–Kier alpha value is -2.36. The molecule has 0 radical (unpaired) electrons. The topological polar surface area (TPSA) is 59.2 Å². The summed E-state index contributed by atoms with van der Waals surface area (Å²) in [4.78, 5) is 18.0. The van der Waals surface area contributed by atoms with Gasteiger partial charge in [-0.15, -0.1) is 0 Å². The number of para-hydroxylation sites is 1. The van der Waals surface area contributed by atoms with Gasteiger partial charge >= 0.3 is 0 Å². The summed E-state index contributed by atoms with van der Waals surface area (Å²) >= 11 is 0. The van der Waals surface area contributed by atoms with Crippen LogP contribution in [0.25, 0.3) is 0 Å². The van der Waals surface area contributed by atoms with Crippen LogP contribution in [0.1, 0.15) is 16.1 Å². The van der Waals surface area contributed by atoms with E-state index < -0.39 is 0 Å². The van der Waals surface area contributed by atoms with Crippen molar-refractivity contribution in [1.29, 1.82) is 0 Å². The molecule has 0 aliphatic heterocycles. The molecule has 18 heavy (non-hydrogen) atoms. The highest BCUT2D eigenvalue weighted by Gasteiger charge is 2.16. The van der Waals surface area contributed by atoms with Gasteiger partial charge in [0.25, 0.3) is 5.91 Å². The molecule has 1 aromatic heterocycles. The molecule has 0 unspecified atom stereocenters. The van der Waals surface area contributed by atoms with Gasteiger partial charge in [0.1, 0.15) is 5.82 Å². The maximum absolute atomic E-state index is 12.3. The molecule has 0 atom stereocenters. The number of benzene rings is 1. The van der Waals surface area contributed by atoms with Crippen molar-refractivity contribution in [3.63, 3.8) is 0 Å². The van der Waals surface area contributed by atoms with Crippen molar-refractivity contribution in [1.82, 2.24) is 4.98 Å². The second-order valence-corrected chi connectivity index (χ2v) is 4.07. The van der Waals surface area contributed by atoms with Crippen molar-refractivity contribution in [2.75, 3.05) is 17.7 Å². The van der Waals surface area contributed by atoms with Crippen molar-refractivity contribution in [3.8, 4) is 0 Å². The number of aromatic nitrogens is 1. The van der Waals surface area contributed by atoms with E-state index in [-0.39, 0.29) is 5.91 Å². The van der Waals surface area contributed by atoms with Gasteiger partial charge in [-0.05, 0) is 31.2 Å². The lowest BCUT2D eigenvalue weighted by molar-refractivity contribution is 0.0992. The fourth-order valence-corrected chi connectivity index (χ4v) is 1.76. The predicted octanol–water partition coefficient (Wildman–Crippen LogP) is 2.25. The molecule has 0 fully saturated rings. The van der Waals surface area contributed by atoms with Gasteiger partial charge in [-0.2, -0.15) is 0 Å². The highest BCUT2D eigenvalue weighted by Crippen LogP contribution is 2.16. The monoisotopic (exact) mass is 241 g/mol. The SMILES string of the molecule is Cc1nc(N)ccc1C(=O)N(C)c1ccccc1. The average molecular weight is 241 g/mol. The second kappa shape index (κ2) is 4.87. The lowest BCUT2D eigenvalue weighted by Gasteiger charge is -2.18. The molecule has 0 aliphatic carbocycles. The molecular weight excluding hydrogens is 226 g/mol.